The Kier molecular flexibility index (Phi) is 11.2. The Morgan fingerprint density at radius 2 is 1.89 bits per heavy atom. The van der Waals surface area contributed by atoms with Crippen LogP contribution < -0.4 is 5.32 Å². The van der Waals surface area contributed by atoms with Gasteiger partial charge in [0.05, 0.1) is 17.3 Å². The summed E-state index contributed by atoms with van der Waals surface area (Å²) >= 11 is 6.21. The van der Waals surface area contributed by atoms with E-state index < -0.39 is 11.7 Å². The lowest BCUT2D eigenvalue weighted by Crippen LogP contribution is -2.47. The second-order valence-electron chi connectivity index (χ2n) is 9.88. The Morgan fingerprint density at radius 1 is 1.19 bits per heavy atom. The average Bonchev–Trinajstić information content (AvgIpc) is 2.82. The summed E-state index contributed by atoms with van der Waals surface area (Å²) in [4.78, 5) is 43.0. The van der Waals surface area contributed by atoms with Crippen molar-refractivity contribution in [2.24, 2.45) is 0 Å². The first-order valence-corrected chi connectivity index (χ1v) is 12.9. The number of carbonyl (C=O) groups is 3. The van der Waals surface area contributed by atoms with E-state index in [1.54, 1.807) is 36.2 Å². The van der Waals surface area contributed by atoms with Gasteiger partial charge in [0, 0.05) is 32.4 Å². The van der Waals surface area contributed by atoms with Gasteiger partial charge >= 0.3 is 6.09 Å². The lowest BCUT2D eigenvalue weighted by atomic mass is 10.1. The summed E-state index contributed by atoms with van der Waals surface area (Å²) in [5, 5.41) is 3.35. The number of nitrogens with zero attached hydrogens (tertiary/aromatic N) is 3. The van der Waals surface area contributed by atoms with Gasteiger partial charge in [0.1, 0.15) is 11.3 Å². The summed E-state index contributed by atoms with van der Waals surface area (Å²) in [6, 6.07) is 7.08. The molecule has 1 aromatic carbocycles. The topological polar surface area (TPSA) is 82.2 Å². The van der Waals surface area contributed by atoms with Gasteiger partial charge in [0.15, 0.2) is 0 Å². The molecule has 202 valence electrons. The van der Waals surface area contributed by atoms with E-state index in [-0.39, 0.29) is 11.8 Å². The molecule has 0 radical (unpaired) electrons. The number of allylic oxidation sites excluding steroid dienone is 1. The van der Waals surface area contributed by atoms with Crippen LogP contribution >= 0.6 is 11.6 Å². The fraction of sp³-hybridized carbons (Fsp3) is 0.464. The fourth-order valence-corrected chi connectivity index (χ4v) is 3.77. The van der Waals surface area contributed by atoms with E-state index in [9.17, 15) is 14.4 Å². The van der Waals surface area contributed by atoms with Gasteiger partial charge in [0.2, 0.25) is 5.91 Å². The van der Waals surface area contributed by atoms with Gasteiger partial charge in [-0.3, -0.25) is 9.59 Å². The summed E-state index contributed by atoms with van der Waals surface area (Å²) in [7, 11) is 1.67. The molecule has 0 atom stereocenters. The zero-order chi connectivity index (χ0) is 27.6. The molecule has 0 unspecified atom stereocenters. The molecular weight excluding hydrogens is 492 g/mol. The zero-order valence-electron chi connectivity index (χ0n) is 22.6. The van der Waals surface area contributed by atoms with Gasteiger partial charge in [-0.1, -0.05) is 55.8 Å². The maximum atomic E-state index is 13.1. The standard InChI is InChI=1S/C28H39ClN4O4/c1-7-8-15-24(26(35)30-23-14-10-9-13-22(23)29)33-19-18-32(20-21(33)2)25(34)16-11-12-17-31(6)27(36)37-28(3,4)5/h9-11,13-16H,2,7-8,12,17-20H2,1,3-6H3,(H,30,35)/b16-11+,24-15-. The predicted octanol–water partition coefficient (Wildman–Crippen LogP) is 5.43. The Morgan fingerprint density at radius 3 is 2.51 bits per heavy atom. The van der Waals surface area contributed by atoms with E-state index in [4.69, 9.17) is 16.3 Å². The van der Waals surface area contributed by atoms with Crippen LogP contribution in [0.5, 0.6) is 0 Å². The minimum Gasteiger partial charge on any atom is -0.444 e. The number of hydrogen-bond acceptors (Lipinski definition) is 5. The quantitative estimate of drug-likeness (QED) is 0.430. The number of ether oxygens (including phenoxy) is 1. The number of hydrogen-bond donors (Lipinski definition) is 1. The van der Waals surface area contributed by atoms with Crippen LogP contribution in [0.2, 0.25) is 5.02 Å². The maximum absolute atomic E-state index is 13.1. The molecule has 0 aromatic heterocycles. The van der Waals surface area contributed by atoms with Crippen LogP contribution in [-0.4, -0.2) is 71.4 Å². The number of benzene rings is 1. The summed E-state index contributed by atoms with van der Waals surface area (Å²) in [5.41, 5.74) is 1.15. The third-order valence-electron chi connectivity index (χ3n) is 5.53. The van der Waals surface area contributed by atoms with Crippen LogP contribution in [-0.2, 0) is 14.3 Å². The number of rotatable bonds is 9. The maximum Gasteiger partial charge on any atom is 0.410 e. The van der Waals surface area contributed by atoms with Crippen molar-refractivity contribution in [3.8, 4) is 0 Å². The average molecular weight is 531 g/mol. The molecule has 1 aromatic rings. The van der Waals surface area contributed by atoms with E-state index in [0.717, 1.165) is 12.8 Å². The van der Waals surface area contributed by atoms with Crippen molar-refractivity contribution < 1.29 is 19.1 Å². The number of nitrogens with one attached hydrogen (secondary N) is 1. The lowest BCUT2D eigenvalue weighted by Gasteiger charge is -2.38. The van der Waals surface area contributed by atoms with E-state index in [0.29, 0.717) is 54.7 Å². The fourth-order valence-electron chi connectivity index (χ4n) is 3.59. The highest BCUT2D eigenvalue weighted by Gasteiger charge is 2.27. The third kappa shape index (κ3) is 9.61. The van der Waals surface area contributed by atoms with Crippen LogP contribution in [0.3, 0.4) is 0 Å². The van der Waals surface area contributed by atoms with E-state index in [1.165, 1.54) is 11.0 Å². The smallest absolute Gasteiger partial charge is 0.410 e. The first-order chi connectivity index (χ1) is 17.4. The normalized spacial score (nSPS) is 14.6. The van der Waals surface area contributed by atoms with Gasteiger partial charge in [0.25, 0.3) is 5.91 Å². The van der Waals surface area contributed by atoms with E-state index in [1.807, 2.05) is 44.7 Å². The molecule has 1 aliphatic rings. The second-order valence-corrected chi connectivity index (χ2v) is 10.3. The van der Waals surface area contributed by atoms with Crippen molar-refractivity contribution in [1.29, 1.82) is 0 Å². The molecule has 0 spiro atoms. The molecule has 0 saturated carbocycles. The Bertz CT molecular complexity index is 1040. The van der Waals surface area contributed by atoms with Gasteiger partial charge in [-0.15, -0.1) is 0 Å². The first kappa shape index (κ1) is 30.0. The number of carbonyl (C=O) groups excluding carboxylic acids is 3. The Labute approximate surface area is 225 Å². The summed E-state index contributed by atoms with van der Waals surface area (Å²) in [5.74, 6) is -0.406. The van der Waals surface area contributed by atoms with Gasteiger partial charge in [-0.2, -0.15) is 0 Å². The number of unbranched alkanes of at least 4 members (excludes halogenated alkanes) is 1. The molecule has 1 fully saturated rings. The minimum absolute atomic E-state index is 0.139. The van der Waals surface area contributed by atoms with Crippen LogP contribution in [0.4, 0.5) is 10.5 Å². The molecule has 1 aliphatic heterocycles. The number of amides is 3. The summed E-state index contributed by atoms with van der Waals surface area (Å²) < 4.78 is 5.33. The van der Waals surface area contributed by atoms with Crippen molar-refractivity contribution in [2.45, 2.75) is 52.6 Å². The van der Waals surface area contributed by atoms with Crippen LogP contribution in [0.25, 0.3) is 0 Å². The summed E-state index contributed by atoms with van der Waals surface area (Å²) in [6.07, 6.45) is 6.92. The Hall–Kier alpha value is -3.26. The highest BCUT2D eigenvalue weighted by molar-refractivity contribution is 6.33. The number of halogens is 1. The van der Waals surface area contributed by atoms with E-state index >= 15 is 0 Å². The van der Waals surface area contributed by atoms with Crippen LogP contribution in [0.1, 0.15) is 47.0 Å². The largest absolute Gasteiger partial charge is 0.444 e. The highest BCUT2D eigenvalue weighted by Crippen LogP contribution is 2.24. The Balaban J connectivity index is 1.94. The molecular formula is C28H39ClN4O4. The highest BCUT2D eigenvalue weighted by atomic mass is 35.5. The van der Waals surface area contributed by atoms with Gasteiger partial charge in [-0.05, 0) is 51.8 Å². The molecule has 1 saturated heterocycles. The molecule has 37 heavy (non-hydrogen) atoms. The number of piperazine rings is 1. The molecule has 8 nitrogen and oxygen atoms in total. The molecule has 3 amide bonds. The van der Waals surface area contributed by atoms with Crippen molar-refractivity contribution in [2.75, 3.05) is 38.5 Å². The number of para-hydroxylation sites is 1. The SMILES string of the molecule is C=C1CN(C(=O)/C=C/CCN(C)C(=O)OC(C)(C)C)CCN1/C(=C\CCC)C(=O)Nc1ccccc1Cl. The molecule has 9 heteroatoms. The lowest BCUT2D eigenvalue weighted by molar-refractivity contribution is -0.126. The van der Waals surface area contributed by atoms with E-state index in [2.05, 4.69) is 11.9 Å². The molecule has 1 heterocycles. The van der Waals surface area contributed by atoms with Gasteiger partial charge in [-0.25, -0.2) is 4.79 Å². The van der Waals surface area contributed by atoms with Crippen molar-refractivity contribution >= 4 is 35.2 Å². The number of anilines is 1. The van der Waals surface area contributed by atoms with Crippen molar-refractivity contribution in [3.05, 3.63) is 65.5 Å². The third-order valence-corrected chi connectivity index (χ3v) is 5.86. The minimum atomic E-state index is -0.553. The van der Waals surface area contributed by atoms with Crippen molar-refractivity contribution in [3.63, 3.8) is 0 Å². The molecule has 1 N–H and O–H groups in total. The molecule has 0 bridgehead atoms. The van der Waals surface area contributed by atoms with Crippen LogP contribution in [0, 0.1) is 0 Å². The first-order valence-electron chi connectivity index (χ1n) is 12.5. The van der Waals surface area contributed by atoms with Gasteiger partial charge < -0.3 is 24.8 Å². The monoisotopic (exact) mass is 530 g/mol. The summed E-state index contributed by atoms with van der Waals surface area (Å²) in [6.45, 7) is 13.3. The molecule has 0 aliphatic carbocycles. The second kappa shape index (κ2) is 13.9. The van der Waals surface area contributed by atoms with Crippen molar-refractivity contribution in [1.82, 2.24) is 14.7 Å². The predicted molar refractivity (Wildman–Crippen MR) is 148 cm³/mol. The molecule has 2 rings (SSSR count). The van der Waals surface area contributed by atoms with Crippen LogP contribution in [0.15, 0.2) is 60.5 Å². The zero-order valence-corrected chi connectivity index (χ0v) is 23.3.